The Labute approximate surface area is 129 Å². The quantitative estimate of drug-likeness (QED) is 0.808. The molecular weight excluding hydrogens is 282 g/mol. The van der Waals surface area contributed by atoms with Gasteiger partial charge in [-0.1, -0.05) is 18.2 Å². The smallest absolute Gasteiger partial charge is 0.227 e. The van der Waals surface area contributed by atoms with Crippen molar-refractivity contribution in [3.05, 3.63) is 47.5 Å². The van der Waals surface area contributed by atoms with Gasteiger partial charge in [-0.25, -0.2) is 4.98 Å². The Kier molecular flexibility index (Phi) is 5.55. The van der Waals surface area contributed by atoms with Gasteiger partial charge >= 0.3 is 0 Å². The van der Waals surface area contributed by atoms with Gasteiger partial charge in [0, 0.05) is 12.1 Å². The number of imidazole rings is 1. The molecule has 1 heterocycles. The molecule has 0 radical (unpaired) electrons. The van der Waals surface area contributed by atoms with E-state index < -0.39 is 0 Å². The van der Waals surface area contributed by atoms with Gasteiger partial charge in [0.05, 0.1) is 38.6 Å². The maximum atomic E-state index is 12.5. The number of aromatic nitrogens is 2. The van der Waals surface area contributed by atoms with Crippen molar-refractivity contribution >= 4 is 5.91 Å². The minimum absolute atomic E-state index is 0.0641. The number of amides is 1. The second-order valence-corrected chi connectivity index (χ2v) is 5.02. The Bertz CT molecular complexity index is 625. The van der Waals surface area contributed by atoms with E-state index in [1.165, 1.54) is 0 Å². The number of para-hydroxylation sites is 1. The number of nitrogens with one attached hydrogen (secondary N) is 1. The summed E-state index contributed by atoms with van der Waals surface area (Å²) in [6, 6.07) is 7.44. The molecule has 2 rings (SSSR count). The number of aryl methyl sites for hydroxylation is 1. The minimum atomic E-state index is -0.0786. The first kappa shape index (κ1) is 16.0. The van der Waals surface area contributed by atoms with E-state index in [1.807, 2.05) is 31.2 Å². The van der Waals surface area contributed by atoms with Crippen LogP contribution in [0, 0.1) is 6.92 Å². The molecule has 0 atom stereocenters. The second-order valence-electron chi connectivity index (χ2n) is 5.02. The van der Waals surface area contributed by atoms with Crippen LogP contribution in [0.5, 0.6) is 5.75 Å². The van der Waals surface area contributed by atoms with Crippen molar-refractivity contribution < 1.29 is 14.6 Å². The highest BCUT2D eigenvalue weighted by molar-refractivity contribution is 5.79. The van der Waals surface area contributed by atoms with Gasteiger partial charge in [0.2, 0.25) is 5.91 Å². The summed E-state index contributed by atoms with van der Waals surface area (Å²) >= 11 is 0. The van der Waals surface area contributed by atoms with Crippen LogP contribution in [0.25, 0.3) is 0 Å². The lowest BCUT2D eigenvalue weighted by Gasteiger charge is -2.21. The summed E-state index contributed by atoms with van der Waals surface area (Å²) < 4.78 is 5.27. The third-order valence-electron chi connectivity index (χ3n) is 3.37. The number of aliphatic hydroxyl groups excluding tert-OH is 1. The summed E-state index contributed by atoms with van der Waals surface area (Å²) in [4.78, 5) is 21.3. The average Bonchev–Trinajstić information content (AvgIpc) is 2.92. The molecule has 0 fully saturated rings. The third-order valence-corrected chi connectivity index (χ3v) is 3.37. The number of nitrogens with zero attached hydrogens (tertiary/aromatic N) is 2. The first-order valence-corrected chi connectivity index (χ1v) is 7.15. The number of carbonyl (C=O) groups excluding carboxylic acids is 1. The maximum absolute atomic E-state index is 12.5. The Morgan fingerprint density at radius 1 is 1.41 bits per heavy atom. The van der Waals surface area contributed by atoms with E-state index in [4.69, 9.17) is 4.74 Å². The molecule has 1 aromatic heterocycles. The monoisotopic (exact) mass is 303 g/mol. The number of aromatic amines is 1. The molecular formula is C16H21N3O3. The molecule has 6 heteroatoms. The Balaban J connectivity index is 2.09. The zero-order chi connectivity index (χ0) is 15.9. The molecule has 2 aromatic rings. The topological polar surface area (TPSA) is 78.4 Å². The van der Waals surface area contributed by atoms with Gasteiger partial charge in [-0.2, -0.15) is 0 Å². The van der Waals surface area contributed by atoms with Crippen molar-refractivity contribution in [3.8, 4) is 5.75 Å². The van der Waals surface area contributed by atoms with Crippen LogP contribution in [0.1, 0.15) is 17.1 Å². The van der Waals surface area contributed by atoms with Crippen molar-refractivity contribution in [3.63, 3.8) is 0 Å². The number of aliphatic hydroxyl groups is 1. The molecule has 0 saturated heterocycles. The van der Waals surface area contributed by atoms with Crippen molar-refractivity contribution in [1.29, 1.82) is 0 Å². The van der Waals surface area contributed by atoms with Crippen LogP contribution in [0.15, 0.2) is 30.5 Å². The van der Waals surface area contributed by atoms with Crippen molar-refractivity contribution in [2.24, 2.45) is 0 Å². The number of ether oxygens (including phenoxy) is 1. The van der Waals surface area contributed by atoms with Gasteiger partial charge in [-0.05, 0) is 13.0 Å². The fraction of sp³-hybridized carbons (Fsp3) is 0.375. The Morgan fingerprint density at radius 3 is 2.82 bits per heavy atom. The number of methoxy groups -OCH3 is 1. The molecule has 0 spiro atoms. The highest BCUT2D eigenvalue weighted by Crippen LogP contribution is 2.19. The van der Waals surface area contributed by atoms with E-state index >= 15 is 0 Å². The predicted molar refractivity (Wildman–Crippen MR) is 82.5 cm³/mol. The summed E-state index contributed by atoms with van der Waals surface area (Å²) in [5.41, 5.74) is 1.68. The number of carbonyl (C=O) groups is 1. The molecule has 0 bridgehead atoms. The predicted octanol–water partition coefficient (Wildman–Crippen LogP) is 1.29. The lowest BCUT2D eigenvalue weighted by molar-refractivity contribution is -0.131. The Hall–Kier alpha value is -2.34. The molecule has 2 N–H and O–H groups in total. The number of hydrogen-bond acceptors (Lipinski definition) is 4. The lowest BCUT2D eigenvalue weighted by atomic mass is 10.1. The molecule has 0 saturated carbocycles. The number of benzene rings is 1. The van der Waals surface area contributed by atoms with E-state index in [-0.39, 0.29) is 25.5 Å². The number of H-pyrrole nitrogens is 1. The van der Waals surface area contributed by atoms with Crippen LogP contribution in [-0.4, -0.2) is 46.1 Å². The molecule has 6 nitrogen and oxygen atoms in total. The largest absolute Gasteiger partial charge is 0.496 e. The van der Waals surface area contributed by atoms with E-state index in [1.54, 1.807) is 18.2 Å². The maximum Gasteiger partial charge on any atom is 0.227 e. The van der Waals surface area contributed by atoms with Gasteiger partial charge < -0.3 is 19.7 Å². The highest BCUT2D eigenvalue weighted by atomic mass is 16.5. The second kappa shape index (κ2) is 7.61. The summed E-state index contributed by atoms with van der Waals surface area (Å²) in [5.74, 6) is 1.43. The van der Waals surface area contributed by atoms with Crippen LogP contribution in [-0.2, 0) is 17.8 Å². The van der Waals surface area contributed by atoms with Crippen molar-refractivity contribution in [2.45, 2.75) is 19.9 Å². The highest BCUT2D eigenvalue weighted by Gasteiger charge is 2.16. The van der Waals surface area contributed by atoms with Gasteiger partial charge in [-0.3, -0.25) is 4.79 Å². The zero-order valence-corrected chi connectivity index (χ0v) is 12.9. The minimum Gasteiger partial charge on any atom is -0.496 e. The van der Waals surface area contributed by atoms with Gasteiger partial charge in [0.15, 0.2) is 0 Å². The average molecular weight is 303 g/mol. The molecule has 1 aromatic carbocycles. The van der Waals surface area contributed by atoms with Crippen LogP contribution in [0.3, 0.4) is 0 Å². The first-order chi connectivity index (χ1) is 10.6. The van der Waals surface area contributed by atoms with Crippen molar-refractivity contribution in [2.75, 3.05) is 20.3 Å². The van der Waals surface area contributed by atoms with E-state index in [0.717, 1.165) is 17.1 Å². The molecule has 0 aliphatic heterocycles. The fourth-order valence-corrected chi connectivity index (χ4v) is 2.29. The molecule has 0 aliphatic rings. The molecule has 0 aliphatic carbocycles. The molecule has 0 unspecified atom stereocenters. The van der Waals surface area contributed by atoms with E-state index in [2.05, 4.69) is 9.97 Å². The first-order valence-electron chi connectivity index (χ1n) is 7.15. The van der Waals surface area contributed by atoms with E-state index in [0.29, 0.717) is 12.3 Å². The van der Waals surface area contributed by atoms with Crippen LogP contribution in [0.4, 0.5) is 0 Å². The van der Waals surface area contributed by atoms with Gasteiger partial charge in [0.1, 0.15) is 11.6 Å². The van der Waals surface area contributed by atoms with Gasteiger partial charge in [-0.15, -0.1) is 0 Å². The number of hydrogen-bond donors (Lipinski definition) is 2. The van der Waals surface area contributed by atoms with Crippen LogP contribution in [0.2, 0.25) is 0 Å². The zero-order valence-electron chi connectivity index (χ0n) is 12.9. The molecule has 118 valence electrons. The normalized spacial score (nSPS) is 10.5. The summed E-state index contributed by atoms with van der Waals surface area (Å²) in [6.45, 7) is 2.46. The fourth-order valence-electron chi connectivity index (χ4n) is 2.29. The SMILES string of the molecule is COc1ccccc1CC(=O)N(CCO)Cc1cnc(C)[nH]1. The van der Waals surface area contributed by atoms with Crippen LogP contribution < -0.4 is 4.74 Å². The molecule has 22 heavy (non-hydrogen) atoms. The van der Waals surface area contributed by atoms with E-state index in [9.17, 15) is 9.90 Å². The Morgan fingerprint density at radius 2 is 2.18 bits per heavy atom. The lowest BCUT2D eigenvalue weighted by Crippen LogP contribution is -2.34. The summed E-state index contributed by atoms with van der Waals surface area (Å²) in [7, 11) is 1.59. The van der Waals surface area contributed by atoms with Crippen LogP contribution >= 0.6 is 0 Å². The third kappa shape index (κ3) is 4.08. The van der Waals surface area contributed by atoms with Gasteiger partial charge in [0.25, 0.3) is 0 Å². The standard InChI is InChI=1S/C16H21N3O3/c1-12-17-10-14(18-12)11-19(7-8-20)16(21)9-13-5-3-4-6-15(13)22-2/h3-6,10,20H,7-9,11H2,1-2H3,(H,17,18). The molecule has 1 amide bonds. The number of rotatable bonds is 7. The summed E-state index contributed by atoms with van der Waals surface area (Å²) in [6.07, 6.45) is 1.94. The van der Waals surface area contributed by atoms with Crippen molar-refractivity contribution in [1.82, 2.24) is 14.9 Å². The summed E-state index contributed by atoms with van der Waals surface area (Å²) in [5, 5.41) is 9.19.